The smallest absolute Gasteiger partial charge is 0.120 e. The Balaban J connectivity index is 3.05. The summed E-state index contributed by atoms with van der Waals surface area (Å²) in [5.74, 6) is 0.108. The van der Waals surface area contributed by atoms with Crippen LogP contribution < -0.4 is 5.73 Å². The van der Waals surface area contributed by atoms with Gasteiger partial charge in [0.15, 0.2) is 0 Å². The maximum absolute atomic E-state index is 9.44. The first-order valence-corrected chi connectivity index (χ1v) is 4.73. The molecule has 0 saturated carbocycles. The first kappa shape index (κ1) is 10.5. The number of aliphatic hydroxyl groups is 1. The van der Waals surface area contributed by atoms with Crippen molar-refractivity contribution in [3.63, 3.8) is 0 Å². The lowest BCUT2D eigenvalue weighted by Gasteiger charge is -2.16. The summed E-state index contributed by atoms with van der Waals surface area (Å²) in [5, 5.41) is 18.7. The predicted octanol–water partition coefficient (Wildman–Crippen LogP) is 1.54. The first-order chi connectivity index (χ1) is 6.02. The molecule has 1 aromatic rings. The maximum atomic E-state index is 9.44. The van der Waals surface area contributed by atoms with Crippen LogP contribution in [0.15, 0.2) is 22.7 Å². The van der Waals surface area contributed by atoms with Crippen molar-refractivity contribution in [3.05, 3.63) is 28.2 Å². The summed E-state index contributed by atoms with van der Waals surface area (Å²) in [6.07, 6.45) is -0.680. The zero-order valence-electron chi connectivity index (χ0n) is 7.24. The van der Waals surface area contributed by atoms with E-state index in [1.54, 1.807) is 25.1 Å². The molecule has 0 radical (unpaired) electrons. The summed E-state index contributed by atoms with van der Waals surface area (Å²) < 4.78 is 0.830. The molecule has 4 N–H and O–H groups in total. The van der Waals surface area contributed by atoms with Crippen molar-refractivity contribution in [2.45, 2.75) is 19.1 Å². The van der Waals surface area contributed by atoms with E-state index >= 15 is 0 Å². The molecule has 0 bridgehead atoms. The van der Waals surface area contributed by atoms with Crippen LogP contribution in [0.2, 0.25) is 0 Å². The minimum Gasteiger partial charge on any atom is -0.508 e. The summed E-state index contributed by atoms with van der Waals surface area (Å²) in [6, 6.07) is 4.40. The van der Waals surface area contributed by atoms with Crippen LogP contribution in [-0.4, -0.2) is 16.3 Å². The molecule has 0 aliphatic carbocycles. The summed E-state index contributed by atoms with van der Waals surface area (Å²) in [7, 11) is 0. The quantitative estimate of drug-likeness (QED) is 0.741. The molecule has 0 fully saturated rings. The Kier molecular flexibility index (Phi) is 3.30. The van der Waals surface area contributed by atoms with E-state index in [1.165, 1.54) is 0 Å². The highest BCUT2D eigenvalue weighted by Crippen LogP contribution is 2.27. The van der Waals surface area contributed by atoms with E-state index in [1.807, 2.05) is 0 Å². The van der Waals surface area contributed by atoms with E-state index in [-0.39, 0.29) is 5.75 Å². The Bertz CT molecular complexity index is 302. The maximum Gasteiger partial charge on any atom is 0.120 e. The van der Waals surface area contributed by atoms with Crippen LogP contribution in [0.25, 0.3) is 0 Å². The van der Waals surface area contributed by atoms with Gasteiger partial charge in [-0.1, -0.05) is 15.9 Å². The van der Waals surface area contributed by atoms with Crippen LogP contribution in [-0.2, 0) is 0 Å². The van der Waals surface area contributed by atoms with Crippen LogP contribution in [0.4, 0.5) is 0 Å². The molecule has 0 heterocycles. The molecule has 1 rings (SSSR count). The SMILES string of the molecule is C[C@@H](O)[C@@H](N)c1cc(Br)ccc1O. The van der Waals surface area contributed by atoms with Crippen molar-refractivity contribution in [1.82, 2.24) is 0 Å². The zero-order chi connectivity index (χ0) is 10.0. The van der Waals surface area contributed by atoms with Crippen LogP contribution in [0.3, 0.4) is 0 Å². The Hall–Kier alpha value is -0.580. The lowest BCUT2D eigenvalue weighted by atomic mass is 10.0. The second kappa shape index (κ2) is 4.09. The number of hydrogen-bond acceptors (Lipinski definition) is 3. The molecule has 0 aliphatic heterocycles. The molecule has 72 valence electrons. The van der Waals surface area contributed by atoms with Gasteiger partial charge in [-0.05, 0) is 25.1 Å². The summed E-state index contributed by atoms with van der Waals surface area (Å²) in [6.45, 7) is 1.59. The fraction of sp³-hybridized carbons (Fsp3) is 0.333. The topological polar surface area (TPSA) is 66.5 Å². The lowest BCUT2D eigenvalue weighted by molar-refractivity contribution is 0.163. The van der Waals surface area contributed by atoms with Crippen LogP contribution >= 0.6 is 15.9 Å². The summed E-state index contributed by atoms with van der Waals surface area (Å²) in [4.78, 5) is 0. The van der Waals surface area contributed by atoms with Crippen LogP contribution in [0.5, 0.6) is 5.75 Å². The molecule has 0 unspecified atom stereocenters. The first-order valence-electron chi connectivity index (χ1n) is 3.94. The molecule has 0 aromatic heterocycles. The van der Waals surface area contributed by atoms with Gasteiger partial charge in [0.2, 0.25) is 0 Å². The highest BCUT2D eigenvalue weighted by molar-refractivity contribution is 9.10. The van der Waals surface area contributed by atoms with Crippen LogP contribution in [0.1, 0.15) is 18.5 Å². The minimum absolute atomic E-state index is 0.108. The highest BCUT2D eigenvalue weighted by atomic mass is 79.9. The number of rotatable bonds is 2. The third kappa shape index (κ3) is 2.43. The van der Waals surface area contributed by atoms with E-state index < -0.39 is 12.1 Å². The van der Waals surface area contributed by atoms with Crippen molar-refractivity contribution >= 4 is 15.9 Å². The standard InChI is InChI=1S/C9H12BrNO2/c1-5(12)9(11)7-4-6(10)2-3-8(7)13/h2-5,9,12-13H,11H2,1H3/t5-,9-/m1/s1. The molecule has 13 heavy (non-hydrogen) atoms. The second-order valence-electron chi connectivity index (χ2n) is 2.97. The molecule has 2 atom stereocenters. The third-order valence-electron chi connectivity index (χ3n) is 1.87. The molecule has 0 saturated heterocycles. The molecular weight excluding hydrogens is 234 g/mol. The Labute approximate surface area is 85.3 Å². The van der Waals surface area contributed by atoms with Gasteiger partial charge in [0, 0.05) is 10.0 Å². The van der Waals surface area contributed by atoms with Crippen molar-refractivity contribution in [2.24, 2.45) is 5.73 Å². The number of phenols is 1. The Morgan fingerprint density at radius 1 is 1.46 bits per heavy atom. The molecule has 1 aromatic carbocycles. The second-order valence-corrected chi connectivity index (χ2v) is 3.89. The fourth-order valence-corrected chi connectivity index (χ4v) is 1.43. The minimum atomic E-state index is -0.680. The third-order valence-corrected chi connectivity index (χ3v) is 2.36. The van der Waals surface area contributed by atoms with E-state index in [2.05, 4.69) is 15.9 Å². The summed E-state index contributed by atoms with van der Waals surface area (Å²) >= 11 is 3.27. The molecule has 0 aliphatic rings. The van der Waals surface area contributed by atoms with Crippen molar-refractivity contribution in [2.75, 3.05) is 0 Å². The molecule has 4 heteroatoms. The number of phenolic OH excluding ortho intramolecular Hbond substituents is 1. The predicted molar refractivity (Wildman–Crippen MR) is 54.4 cm³/mol. The number of hydrogen-bond donors (Lipinski definition) is 3. The number of halogens is 1. The number of aliphatic hydroxyl groups excluding tert-OH is 1. The van der Waals surface area contributed by atoms with Gasteiger partial charge in [0.05, 0.1) is 12.1 Å². The van der Waals surface area contributed by atoms with Gasteiger partial charge < -0.3 is 15.9 Å². The van der Waals surface area contributed by atoms with E-state index in [9.17, 15) is 10.2 Å². The zero-order valence-corrected chi connectivity index (χ0v) is 8.82. The van der Waals surface area contributed by atoms with Crippen molar-refractivity contribution in [1.29, 1.82) is 0 Å². The molecule has 3 nitrogen and oxygen atoms in total. The average Bonchev–Trinajstić information content (AvgIpc) is 2.08. The van der Waals surface area contributed by atoms with Gasteiger partial charge in [0.1, 0.15) is 5.75 Å². The van der Waals surface area contributed by atoms with Gasteiger partial charge >= 0.3 is 0 Å². The normalized spacial score (nSPS) is 15.4. The lowest BCUT2D eigenvalue weighted by Crippen LogP contribution is -2.23. The van der Waals surface area contributed by atoms with Crippen LogP contribution in [0, 0.1) is 0 Å². The monoisotopic (exact) mass is 245 g/mol. The molecule has 0 spiro atoms. The number of benzene rings is 1. The van der Waals surface area contributed by atoms with Gasteiger partial charge in [0.25, 0.3) is 0 Å². The van der Waals surface area contributed by atoms with Crippen molar-refractivity contribution < 1.29 is 10.2 Å². The molecular formula is C9H12BrNO2. The Morgan fingerprint density at radius 2 is 2.08 bits per heavy atom. The summed E-state index contributed by atoms with van der Waals surface area (Å²) in [5.41, 5.74) is 6.22. The molecule has 0 amide bonds. The van der Waals surface area contributed by atoms with E-state index in [0.29, 0.717) is 5.56 Å². The van der Waals surface area contributed by atoms with E-state index in [4.69, 9.17) is 5.73 Å². The number of nitrogens with two attached hydrogens (primary N) is 1. The number of aromatic hydroxyl groups is 1. The van der Waals surface area contributed by atoms with Gasteiger partial charge in [-0.15, -0.1) is 0 Å². The van der Waals surface area contributed by atoms with E-state index in [0.717, 1.165) is 4.47 Å². The van der Waals surface area contributed by atoms with Gasteiger partial charge in [-0.3, -0.25) is 0 Å². The average molecular weight is 246 g/mol. The highest BCUT2D eigenvalue weighted by Gasteiger charge is 2.15. The largest absolute Gasteiger partial charge is 0.508 e. The fourth-order valence-electron chi connectivity index (χ4n) is 1.05. The Morgan fingerprint density at radius 3 is 2.62 bits per heavy atom. The van der Waals surface area contributed by atoms with Gasteiger partial charge in [-0.25, -0.2) is 0 Å². The van der Waals surface area contributed by atoms with Crippen molar-refractivity contribution in [3.8, 4) is 5.75 Å². The van der Waals surface area contributed by atoms with Gasteiger partial charge in [-0.2, -0.15) is 0 Å².